The van der Waals surface area contributed by atoms with Crippen LogP contribution in [-0.2, 0) is 0 Å². The van der Waals surface area contributed by atoms with Crippen LogP contribution in [-0.4, -0.2) is 9.97 Å². The van der Waals surface area contributed by atoms with Gasteiger partial charge in [0.15, 0.2) is 0 Å². The van der Waals surface area contributed by atoms with Gasteiger partial charge in [0.05, 0.1) is 5.56 Å². The Morgan fingerprint density at radius 2 is 1.75 bits per heavy atom. The standard InChI is InChI=1S/C14H13F2N3S/c1-7-3-8(2)18-14(12(7)13(17)20)19-11-5-9(15)4-10(16)6-11/h3-6H,1-2H3,(H2,17,20)(H,18,19). The summed E-state index contributed by atoms with van der Waals surface area (Å²) in [7, 11) is 0. The molecule has 1 aromatic heterocycles. The van der Waals surface area contributed by atoms with E-state index in [1.807, 2.05) is 19.9 Å². The number of hydrogen-bond donors (Lipinski definition) is 2. The molecule has 0 radical (unpaired) electrons. The van der Waals surface area contributed by atoms with Crippen LogP contribution in [0.1, 0.15) is 16.8 Å². The lowest BCUT2D eigenvalue weighted by Gasteiger charge is -2.14. The Labute approximate surface area is 120 Å². The zero-order valence-corrected chi connectivity index (χ0v) is 11.8. The van der Waals surface area contributed by atoms with E-state index in [0.29, 0.717) is 11.4 Å². The van der Waals surface area contributed by atoms with Crippen molar-refractivity contribution in [2.24, 2.45) is 5.73 Å². The minimum atomic E-state index is -0.672. The van der Waals surface area contributed by atoms with Crippen molar-refractivity contribution >= 4 is 28.7 Å². The Morgan fingerprint density at radius 1 is 1.15 bits per heavy atom. The molecule has 104 valence electrons. The second-order valence-electron chi connectivity index (χ2n) is 4.45. The summed E-state index contributed by atoms with van der Waals surface area (Å²) in [6.45, 7) is 3.66. The van der Waals surface area contributed by atoms with E-state index in [0.717, 1.165) is 17.3 Å². The molecule has 0 saturated carbocycles. The number of thiocarbonyl (C=S) groups is 1. The van der Waals surface area contributed by atoms with Gasteiger partial charge in [-0.2, -0.15) is 0 Å². The maximum absolute atomic E-state index is 13.2. The van der Waals surface area contributed by atoms with E-state index in [4.69, 9.17) is 18.0 Å². The Balaban J connectivity index is 2.49. The summed E-state index contributed by atoms with van der Waals surface area (Å²) >= 11 is 5.00. The largest absolute Gasteiger partial charge is 0.389 e. The highest BCUT2D eigenvalue weighted by atomic mass is 32.1. The van der Waals surface area contributed by atoms with Crippen molar-refractivity contribution in [3.8, 4) is 0 Å². The maximum atomic E-state index is 13.2. The first-order valence-electron chi connectivity index (χ1n) is 5.88. The Bertz CT molecular complexity index is 666. The smallest absolute Gasteiger partial charge is 0.141 e. The van der Waals surface area contributed by atoms with Gasteiger partial charge in [-0.3, -0.25) is 0 Å². The number of benzene rings is 1. The van der Waals surface area contributed by atoms with Crippen LogP contribution in [0.5, 0.6) is 0 Å². The van der Waals surface area contributed by atoms with Gasteiger partial charge in [0, 0.05) is 17.4 Å². The first-order chi connectivity index (χ1) is 9.36. The number of pyridine rings is 1. The van der Waals surface area contributed by atoms with E-state index in [1.54, 1.807) is 0 Å². The van der Waals surface area contributed by atoms with Gasteiger partial charge in [0.2, 0.25) is 0 Å². The van der Waals surface area contributed by atoms with Crippen molar-refractivity contribution in [2.75, 3.05) is 5.32 Å². The van der Waals surface area contributed by atoms with Gasteiger partial charge in [-0.25, -0.2) is 13.8 Å². The van der Waals surface area contributed by atoms with Gasteiger partial charge in [0.1, 0.15) is 22.4 Å². The molecule has 0 saturated heterocycles. The zero-order valence-electron chi connectivity index (χ0n) is 11.0. The molecule has 0 unspecified atom stereocenters. The van der Waals surface area contributed by atoms with Crippen LogP contribution in [0.2, 0.25) is 0 Å². The van der Waals surface area contributed by atoms with Crippen LogP contribution in [0.3, 0.4) is 0 Å². The molecule has 0 amide bonds. The van der Waals surface area contributed by atoms with Crippen LogP contribution >= 0.6 is 12.2 Å². The quantitative estimate of drug-likeness (QED) is 0.852. The summed E-state index contributed by atoms with van der Waals surface area (Å²) in [4.78, 5) is 4.46. The summed E-state index contributed by atoms with van der Waals surface area (Å²) in [6, 6.07) is 4.98. The van der Waals surface area contributed by atoms with Gasteiger partial charge in [0.25, 0.3) is 0 Å². The summed E-state index contributed by atoms with van der Waals surface area (Å²) in [5.74, 6) is -0.956. The van der Waals surface area contributed by atoms with Crippen molar-refractivity contribution in [1.82, 2.24) is 4.98 Å². The number of nitrogens with one attached hydrogen (secondary N) is 1. The topological polar surface area (TPSA) is 50.9 Å². The van der Waals surface area contributed by atoms with Crippen molar-refractivity contribution in [1.29, 1.82) is 0 Å². The minimum Gasteiger partial charge on any atom is -0.389 e. The SMILES string of the molecule is Cc1cc(C)c(C(N)=S)c(Nc2cc(F)cc(F)c2)n1. The van der Waals surface area contributed by atoms with Crippen LogP contribution in [0.25, 0.3) is 0 Å². The predicted molar refractivity (Wildman–Crippen MR) is 79.2 cm³/mol. The van der Waals surface area contributed by atoms with Gasteiger partial charge >= 0.3 is 0 Å². The van der Waals surface area contributed by atoms with Crippen LogP contribution in [0.15, 0.2) is 24.3 Å². The van der Waals surface area contributed by atoms with E-state index in [-0.39, 0.29) is 10.7 Å². The predicted octanol–water partition coefficient (Wildman–Crippen LogP) is 3.35. The molecule has 2 rings (SSSR count). The average molecular weight is 293 g/mol. The van der Waals surface area contributed by atoms with E-state index < -0.39 is 11.6 Å². The number of nitrogens with two attached hydrogens (primary N) is 1. The molecule has 0 spiro atoms. The molecule has 0 bridgehead atoms. The third-order valence-electron chi connectivity index (χ3n) is 2.72. The van der Waals surface area contributed by atoms with Gasteiger partial charge in [-0.1, -0.05) is 12.2 Å². The fraction of sp³-hybridized carbons (Fsp3) is 0.143. The highest BCUT2D eigenvalue weighted by Crippen LogP contribution is 2.23. The number of aromatic nitrogens is 1. The second kappa shape index (κ2) is 5.50. The number of nitrogens with zero attached hydrogens (tertiary/aromatic N) is 1. The molecule has 0 aliphatic heterocycles. The first-order valence-corrected chi connectivity index (χ1v) is 6.29. The highest BCUT2D eigenvalue weighted by Gasteiger charge is 2.12. The van der Waals surface area contributed by atoms with E-state index >= 15 is 0 Å². The molecular weight excluding hydrogens is 280 g/mol. The Morgan fingerprint density at radius 3 is 2.30 bits per heavy atom. The third-order valence-corrected chi connectivity index (χ3v) is 2.92. The number of rotatable bonds is 3. The van der Waals surface area contributed by atoms with E-state index in [9.17, 15) is 8.78 Å². The normalized spacial score (nSPS) is 10.4. The monoisotopic (exact) mass is 293 g/mol. The van der Waals surface area contributed by atoms with Gasteiger partial charge < -0.3 is 11.1 Å². The zero-order chi connectivity index (χ0) is 14.9. The van der Waals surface area contributed by atoms with Crippen LogP contribution in [0.4, 0.5) is 20.3 Å². The lowest BCUT2D eigenvalue weighted by Crippen LogP contribution is -2.15. The molecule has 1 heterocycles. The molecule has 0 fully saturated rings. The fourth-order valence-electron chi connectivity index (χ4n) is 2.00. The molecule has 0 aliphatic rings. The number of hydrogen-bond acceptors (Lipinski definition) is 3. The molecule has 0 atom stereocenters. The third kappa shape index (κ3) is 3.08. The van der Waals surface area contributed by atoms with E-state index in [1.165, 1.54) is 12.1 Å². The van der Waals surface area contributed by atoms with Crippen LogP contribution < -0.4 is 11.1 Å². The fourth-order valence-corrected chi connectivity index (χ4v) is 2.26. The molecule has 2 aromatic rings. The van der Waals surface area contributed by atoms with Crippen molar-refractivity contribution in [2.45, 2.75) is 13.8 Å². The van der Waals surface area contributed by atoms with Gasteiger partial charge in [-0.05, 0) is 37.6 Å². The summed E-state index contributed by atoms with van der Waals surface area (Å²) in [6.07, 6.45) is 0. The maximum Gasteiger partial charge on any atom is 0.141 e. The second-order valence-corrected chi connectivity index (χ2v) is 4.89. The number of anilines is 2. The van der Waals surface area contributed by atoms with Crippen molar-refractivity contribution in [3.63, 3.8) is 0 Å². The first kappa shape index (κ1) is 14.3. The summed E-state index contributed by atoms with van der Waals surface area (Å²) in [5, 5.41) is 2.86. The van der Waals surface area contributed by atoms with E-state index in [2.05, 4.69) is 10.3 Å². The van der Waals surface area contributed by atoms with Gasteiger partial charge in [-0.15, -0.1) is 0 Å². The van der Waals surface area contributed by atoms with Crippen molar-refractivity contribution < 1.29 is 8.78 Å². The number of halogens is 2. The average Bonchev–Trinajstić information content (AvgIpc) is 2.25. The Hall–Kier alpha value is -2.08. The molecule has 3 nitrogen and oxygen atoms in total. The molecule has 3 N–H and O–H groups in total. The molecule has 1 aromatic carbocycles. The van der Waals surface area contributed by atoms with Crippen LogP contribution in [0, 0.1) is 25.5 Å². The number of aryl methyl sites for hydroxylation is 2. The lowest BCUT2D eigenvalue weighted by atomic mass is 10.1. The molecule has 0 aliphatic carbocycles. The molecule has 20 heavy (non-hydrogen) atoms. The highest BCUT2D eigenvalue weighted by molar-refractivity contribution is 7.80. The summed E-state index contributed by atoms with van der Waals surface area (Å²) in [5.41, 5.74) is 8.10. The Kier molecular flexibility index (Phi) is 3.94. The molecular formula is C14H13F2N3S. The molecule has 6 heteroatoms. The lowest BCUT2D eigenvalue weighted by molar-refractivity contribution is 0.584. The minimum absolute atomic E-state index is 0.175. The van der Waals surface area contributed by atoms with Crippen molar-refractivity contribution in [3.05, 3.63) is 52.7 Å². The summed E-state index contributed by atoms with van der Waals surface area (Å²) < 4.78 is 26.4.